The van der Waals surface area contributed by atoms with Gasteiger partial charge in [0.2, 0.25) is 0 Å². The van der Waals surface area contributed by atoms with E-state index in [1.54, 1.807) is 0 Å². The average Bonchev–Trinajstić information content (AvgIpc) is 3.47. The van der Waals surface area contributed by atoms with E-state index in [9.17, 15) is 4.79 Å². The van der Waals surface area contributed by atoms with E-state index in [2.05, 4.69) is 75.4 Å². The van der Waals surface area contributed by atoms with Crippen LogP contribution in [0.5, 0.6) is 0 Å². The first kappa shape index (κ1) is 19.9. The molecule has 2 aliphatic heterocycles. The van der Waals surface area contributed by atoms with Gasteiger partial charge < -0.3 is 19.7 Å². The van der Waals surface area contributed by atoms with E-state index in [1.807, 2.05) is 29.3 Å². The Labute approximate surface area is 194 Å². The second kappa shape index (κ2) is 8.32. The van der Waals surface area contributed by atoms with Crippen molar-refractivity contribution in [3.05, 3.63) is 96.2 Å². The Hall–Kier alpha value is -3.73. The van der Waals surface area contributed by atoms with Crippen molar-refractivity contribution in [1.29, 1.82) is 0 Å². The minimum Gasteiger partial charge on any atom is -0.366 e. The molecule has 1 amide bonds. The molecule has 0 bridgehead atoms. The summed E-state index contributed by atoms with van der Waals surface area (Å²) in [5, 5.41) is 4.53. The summed E-state index contributed by atoms with van der Waals surface area (Å²) in [5.41, 5.74) is 5.65. The van der Waals surface area contributed by atoms with Crippen molar-refractivity contribution in [1.82, 2.24) is 9.47 Å². The van der Waals surface area contributed by atoms with Gasteiger partial charge in [0.1, 0.15) is 0 Å². The molecule has 33 heavy (non-hydrogen) atoms. The van der Waals surface area contributed by atoms with Crippen molar-refractivity contribution in [2.24, 2.45) is 0 Å². The summed E-state index contributed by atoms with van der Waals surface area (Å²) in [5.74, 6) is 0.149. The number of benzene rings is 3. The molecule has 1 saturated heterocycles. The Morgan fingerprint density at radius 2 is 1.61 bits per heavy atom. The largest absolute Gasteiger partial charge is 0.366 e. The Morgan fingerprint density at radius 3 is 2.45 bits per heavy atom. The first-order valence-corrected chi connectivity index (χ1v) is 11.8. The number of fused-ring (bicyclic) bond motifs is 2. The number of carbonyl (C=O) groups excluding carboxylic acids is 1. The van der Waals surface area contributed by atoms with Crippen LogP contribution in [0, 0.1) is 0 Å². The highest BCUT2D eigenvalue weighted by atomic mass is 16.2. The number of anilines is 2. The van der Waals surface area contributed by atoms with Gasteiger partial charge in [0.15, 0.2) is 0 Å². The maximum atomic E-state index is 13.6. The molecule has 0 atom stereocenters. The normalized spacial score (nSPS) is 16.1. The lowest BCUT2D eigenvalue weighted by Gasteiger charge is -2.37. The van der Waals surface area contributed by atoms with Gasteiger partial charge in [0, 0.05) is 42.8 Å². The number of amides is 1. The number of aromatic nitrogens is 1. The van der Waals surface area contributed by atoms with Gasteiger partial charge in [-0.2, -0.15) is 0 Å². The van der Waals surface area contributed by atoms with Crippen LogP contribution in [0.15, 0.2) is 85.1 Å². The Balaban J connectivity index is 1.20. The molecule has 3 aromatic carbocycles. The van der Waals surface area contributed by atoms with Crippen LogP contribution in [0.2, 0.25) is 0 Å². The van der Waals surface area contributed by atoms with Gasteiger partial charge in [-0.1, -0.05) is 60.7 Å². The van der Waals surface area contributed by atoms with Crippen LogP contribution < -0.4 is 10.2 Å². The summed E-state index contributed by atoms with van der Waals surface area (Å²) in [7, 11) is 0. The van der Waals surface area contributed by atoms with E-state index >= 15 is 0 Å². The van der Waals surface area contributed by atoms with Gasteiger partial charge in [-0.25, -0.2) is 0 Å². The third kappa shape index (κ3) is 3.63. The molecule has 0 radical (unpaired) electrons. The first-order valence-electron chi connectivity index (χ1n) is 11.8. The van der Waals surface area contributed by atoms with Crippen LogP contribution in [-0.2, 0) is 6.54 Å². The summed E-state index contributed by atoms with van der Waals surface area (Å²) in [6, 6.07) is 27.6. The molecule has 0 spiro atoms. The average molecular weight is 437 g/mol. The highest BCUT2D eigenvalue weighted by molar-refractivity contribution is 6.07. The number of likely N-dealkylation sites (tertiary alicyclic amines) is 1. The van der Waals surface area contributed by atoms with Crippen molar-refractivity contribution in [2.45, 2.75) is 25.4 Å². The number of para-hydroxylation sites is 3. The van der Waals surface area contributed by atoms with Crippen LogP contribution >= 0.6 is 0 Å². The number of hydrogen-bond donors (Lipinski definition) is 1. The third-order valence-electron chi connectivity index (χ3n) is 7.06. The molecule has 1 N–H and O–H groups in total. The minimum atomic E-state index is 0.149. The Morgan fingerprint density at radius 1 is 0.879 bits per heavy atom. The summed E-state index contributed by atoms with van der Waals surface area (Å²) >= 11 is 0. The second-order valence-corrected chi connectivity index (χ2v) is 9.02. The van der Waals surface area contributed by atoms with Crippen molar-refractivity contribution >= 4 is 28.2 Å². The number of carbonyl (C=O) groups is 1. The maximum absolute atomic E-state index is 13.6. The molecule has 4 aromatic rings. The van der Waals surface area contributed by atoms with Gasteiger partial charge >= 0.3 is 0 Å². The van der Waals surface area contributed by atoms with Crippen LogP contribution in [0.25, 0.3) is 10.9 Å². The Kier molecular flexibility index (Phi) is 5.02. The van der Waals surface area contributed by atoms with E-state index in [-0.39, 0.29) is 5.91 Å². The number of rotatable bonds is 4. The fourth-order valence-electron chi connectivity index (χ4n) is 5.33. The molecule has 0 unspecified atom stereocenters. The van der Waals surface area contributed by atoms with E-state index in [0.717, 1.165) is 55.6 Å². The zero-order valence-electron chi connectivity index (χ0n) is 18.7. The SMILES string of the molecule is O=C(c1cn(Cc2ccccc2)c2ccccc12)N1CCC(N2CNc3ccccc32)CC1. The standard InChI is InChI=1S/C28H28N4O/c33-28(30-16-14-22(15-17-30)32-20-29-25-11-5-7-13-27(25)32)24-19-31(18-21-8-2-1-3-9-21)26-12-6-4-10-23(24)26/h1-13,19,22,29H,14-18,20H2. The van der Waals surface area contributed by atoms with Crippen LogP contribution in [-0.4, -0.2) is 41.2 Å². The zero-order chi connectivity index (χ0) is 22.2. The number of nitrogens with zero attached hydrogens (tertiary/aromatic N) is 3. The molecule has 5 nitrogen and oxygen atoms in total. The lowest BCUT2D eigenvalue weighted by Crippen LogP contribution is -2.46. The fourth-order valence-corrected chi connectivity index (χ4v) is 5.33. The molecular weight excluding hydrogens is 408 g/mol. The fraction of sp³-hybridized carbons (Fsp3) is 0.250. The quantitative estimate of drug-likeness (QED) is 0.479. The number of nitrogens with one attached hydrogen (secondary N) is 1. The molecule has 166 valence electrons. The Bertz CT molecular complexity index is 1290. The van der Waals surface area contributed by atoms with E-state index < -0.39 is 0 Å². The topological polar surface area (TPSA) is 40.5 Å². The molecule has 6 rings (SSSR count). The molecule has 0 aliphatic carbocycles. The lowest BCUT2D eigenvalue weighted by atomic mass is 10.0. The van der Waals surface area contributed by atoms with E-state index in [0.29, 0.717) is 6.04 Å². The van der Waals surface area contributed by atoms with E-state index in [1.165, 1.54) is 16.9 Å². The zero-order valence-corrected chi connectivity index (χ0v) is 18.7. The molecule has 1 fully saturated rings. The molecule has 0 saturated carbocycles. The van der Waals surface area contributed by atoms with Crippen LogP contribution in [0.3, 0.4) is 0 Å². The lowest BCUT2D eigenvalue weighted by molar-refractivity contribution is 0.0714. The second-order valence-electron chi connectivity index (χ2n) is 9.02. The highest BCUT2D eigenvalue weighted by Crippen LogP contribution is 2.35. The molecule has 3 heterocycles. The third-order valence-corrected chi connectivity index (χ3v) is 7.06. The summed E-state index contributed by atoms with van der Waals surface area (Å²) in [6.07, 6.45) is 4.03. The number of hydrogen-bond acceptors (Lipinski definition) is 3. The predicted octanol–water partition coefficient (Wildman–Crippen LogP) is 5.18. The van der Waals surface area contributed by atoms with Crippen molar-refractivity contribution in [3.63, 3.8) is 0 Å². The summed E-state index contributed by atoms with van der Waals surface area (Å²) < 4.78 is 2.21. The first-order chi connectivity index (χ1) is 16.3. The van der Waals surface area contributed by atoms with Gasteiger partial charge in [-0.05, 0) is 36.6 Å². The van der Waals surface area contributed by atoms with Gasteiger partial charge in [-0.15, -0.1) is 0 Å². The van der Waals surface area contributed by atoms with Crippen molar-refractivity contribution in [2.75, 3.05) is 30.0 Å². The van der Waals surface area contributed by atoms with Gasteiger partial charge in [0.05, 0.1) is 23.6 Å². The van der Waals surface area contributed by atoms with Crippen molar-refractivity contribution < 1.29 is 4.79 Å². The van der Waals surface area contributed by atoms with Crippen LogP contribution in [0.1, 0.15) is 28.8 Å². The summed E-state index contributed by atoms with van der Waals surface area (Å²) in [6.45, 7) is 3.20. The van der Waals surface area contributed by atoms with Gasteiger partial charge in [-0.3, -0.25) is 4.79 Å². The minimum absolute atomic E-state index is 0.149. The van der Waals surface area contributed by atoms with E-state index in [4.69, 9.17) is 0 Å². The van der Waals surface area contributed by atoms with Crippen LogP contribution in [0.4, 0.5) is 11.4 Å². The molecule has 1 aromatic heterocycles. The van der Waals surface area contributed by atoms with Crippen molar-refractivity contribution in [3.8, 4) is 0 Å². The monoisotopic (exact) mass is 436 g/mol. The number of piperidine rings is 1. The predicted molar refractivity (Wildman–Crippen MR) is 134 cm³/mol. The molecular formula is C28H28N4O. The molecule has 2 aliphatic rings. The smallest absolute Gasteiger partial charge is 0.256 e. The highest BCUT2D eigenvalue weighted by Gasteiger charge is 2.31. The van der Waals surface area contributed by atoms with Gasteiger partial charge in [0.25, 0.3) is 5.91 Å². The summed E-state index contributed by atoms with van der Waals surface area (Å²) in [4.78, 5) is 18.1. The molecule has 5 heteroatoms. The maximum Gasteiger partial charge on any atom is 0.256 e.